The van der Waals surface area contributed by atoms with Gasteiger partial charge in [-0.1, -0.05) is 26.0 Å². The molecule has 0 saturated heterocycles. The van der Waals surface area contributed by atoms with Crippen molar-refractivity contribution >= 4 is 10.0 Å². The number of sulfonamides is 1. The molecule has 2 N–H and O–H groups in total. The van der Waals surface area contributed by atoms with Crippen LogP contribution >= 0.6 is 0 Å². The first-order valence-electron chi connectivity index (χ1n) is 7.78. The number of hydrogen-bond donors (Lipinski definition) is 2. The minimum Gasteiger partial charge on any atom is -0.387 e. The van der Waals surface area contributed by atoms with Crippen molar-refractivity contribution < 1.29 is 17.9 Å². The lowest BCUT2D eigenvalue weighted by atomic mass is 10.1. The van der Waals surface area contributed by atoms with E-state index in [4.69, 9.17) is 0 Å². The van der Waals surface area contributed by atoms with Gasteiger partial charge < -0.3 is 10.0 Å². The average molecular weight is 346 g/mol. The second-order valence-corrected chi connectivity index (χ2v) is 8.07. The van der Waals surface area contributed by atoms with Gasteiger partial charge in [-0.15, -0.1) is 0 Å². The molecule has 1 atom stereocenters. The maximum atomic E-state index is 12.9. The van der Waals surface area contributed by atoms with Crippen molar-refractivity contribution in [3.8, 4) is 0 Å². The lowest BCUT2D eigenvalue weighted by molar-refractivity contribution is 0.105. The van der Waals surface area contributed by atoms with Gasteiger partial charge in [0.2, 0.25) is 10.0 Å². The first kappa shape index (κ1) is 20.0. The Morgan fingerprint density at radius 3 is 2.35 bits per heavy atom. The molecule has 23 heavy (non-hydrogen) atoms. The quantitative estimate of drug-likeness (QED) is 0.634. The van der Waals surface area contributed by atoms with Crippen LogP contribution in [0.5, 0.6) is 0 Å². The van der Waals surface area contributed by atoms with Crippen LogP contribution in [0.2, 0.25) is 0 Å². The summed E-state index contributed by atoms with van der Waals surface area (Å²) in [6, 6.07) is 5.83. The Morgan fingerprint density at radius 1 is 1.22 bits per heavy atom. The van der Waals surface area contributed by atoms with Gasteiger partial charge in [0.05, 0.1) is 12.4 Å². The largest absolute Gasteiger partial charge is 0.387 e. The summed E-state index contributed by atoms with van der Waals surface area (Å²) in [5.74, 6) is 0.102. The first-order chi connectivity index (χ1) is 10.7. The fourth-order valence-electron chi connectivity index (χ4n) is 2.37. The van der Waals surface area contributed by atoms with Crippen LogP contribution in [0.25, 0.3) is 0 Å². The summed E-state index contributed by atoms with van der Waals surface area (Å²) < 4.78 is 37.5. The van der Waals surface area contributed by atoms with Gasteiger partial charge >= 0.3 is 0 Å². The number of rotatable bonds is 10. The van der Waals surface area contributed by atoms with Crippen LogP contribution in [0.1, 0.15) is 31.9 Å². The molecule has 132 valence electrons. The van der Waals surface area contributed by atoms with Crippen molar-refractivity contribution in [2.24, 2.45) is 5.92 Å². The average Bonchev–Trinajstić information content (AvgIpc) is 2.42. The van der Waals surface area contributed by atoms with Gasteiger partial charge in [-0.3, -0.25) is 0 Å². The normalized spacial score (nSPS) is 13.7. The molecule has 7 heteroatoms. The van der Waals surface area contributed by atoms with Crippen LogP contribution in [0.3, 0.4) is 0 Å². The summed E-state index contributed by atoms with van der Waals surface area (Å²) in [6.07, 6.45) is 1.10. The zero-order valence-electron chi connectivity index (χ0n) is 14.0. The third-order valence-electron chi connectivity index (χ3n) is 3.32. The van der Waals surface area contributed by atoms with Crippen molar-refractivity contribution in [3.63, 3.8) is 0 Å². The number of nitrogens with one attached hydrogen (secondary N) is 1. The van der Waals surface area contributed by atoms with E-state index < -0.39 is 16.1 Å². The van der Waals surface area contributed by atoms with Crippen LogP contribution < -0.4 is 4.72 Å². The lowest BCUT2D eigenvalue weighted by Crippen LogP contribution is -2.35. The molecule has 0 aliphatic heterocycles. The fraction of sp³-hybridized carbons (Fsp3) is 0.625. The highest BCUT2D eigenvalue weighted by molar-refractivity contribution is 7.88. The van der Waals surface area contributed by atoms with E-state index in [1.165, 1.54) is 12.1 Å². The van der Waals surface area contributed by atoms with Gasteiger partial charge in [-0.2, -0.15) is 0 Å². The highest BCUT2D eigenvalue weighted by atomic mass is 32.2. The number of aliphatic hydroxyl groups excluding tert-OH is 1. The number of halogens is 1. The molecule has 0 aliphatic carbocycles. The smallest absolute Gasteiger partial charge is 0.208 e. The topological polar surface area (TPSA) is 69.6 Å². The Labute approximate surface area is 138 Å². The molecule has 0 bridgehead atoms. The predicted molar refractivity (Wildman–Crippen MR) is 90.1 cm³/mol. The maximum absolute atomic E-state index is 12.9. The number of hydrogen-bond acceptors (Lipinski definition) is 4. The molecule has 0 aliphatic rings. The third-order valence-corrected chi connectivity index (χ3v) is 4.05. The Morgan fingerprint density at radius 2 is 1.83 bits per heavy atom. The van der Waals surface area contributed by atoms with E-state index in [1.807, 2.05) is 0 Å². The second-order valence-electron chi connectivity index (χ2n) is 6.24. The molecular formula is C16H27FN2O3S. The predicted octanol–water partition coefficient (Wildman–Crippen LogP) is 1.76. The number of benzene rings is 1. The summed E-state index contributed by atoms with van der Waals surface area (Å²) >= 11 is 0. The molecule has 0 fully saturated rings. The summed E-state index contributed by atoms with van der Waals surface area (Å²) in [7, 11) is -3.17. The highest BCUT2D eigenvalue weighted by Crippen LogP contribution is 2.16. The maximum Gasteiger partial charge on any atom is 0.208 e. The summed E-state index contributed by atoms with van der Waals surface area (Å²) in [4.78, 5) is 2.10. The second kappa shape index (κ2) is 9.32. The van der Waals surface area contributed by atoms with Crippen LogP contribution in [-0.2, 0) is 10.0 Å². The van der Waals surface area contributed by atoms with Crippen LogP contribution in [-0.4, -0.2) is 50.9 Å². The molecule has 5 nitrogen and oxygen atoms in total. The van der Waals surface area contributed by atoms with Crippen LogP contribution in [0.4, 0.5) is 4.39 Å². The van der Waals surface area contributed by atoms with Gasteiger partial charge in [0.15, 0.2) is 0 Å². The van der Waals surface area contributed by atoms with Gasteiger partial charge in [-0.25, -0.2) is 17.5 Å². The molecule has 0 heterocycles. The molecular weight excluding hydrogens is 319 g/mol. The number of aliphatic hydroxyl groups is 1. The summed E-state index contributed by atoms with van der Waals surface area (Å²) in [5.41, 5.74) is 0.675. The summed E-state index contributed by atoms with van der Waals surface area (Å²) in [6.45, 7) is 6.47. The van der Waals surface area contributed by atoms with Crippen molar-refractivity contribution in [3.05, 3.63) is 35.6 Å². The summed E-state index contributed by atoms with van der Waals surface area (Å²) in [5, 5.41) is 10.3. The van der Waals surface area contributed by atoms with Gasteiger partial charge in [-0.05, 0) is 36.6 Å². The Bertz CT molecular complexity index is 561. The molecule has 0 aromatic heterocycles. The first-order valence-corrected chi connectivity index (χ1v) is 9.67. The third kappa shape index (κ3) is 9.00. The Kier molecular flexibility index (Phi) is 8.11. The van der Waals surface area contributed by atoms with Crippen LogP contribution in [0, 0.1) is 11.7 Å². The monoisotopic (exact) mass is 346 g/mol. The molecule has 0 spiro atoms. The minimum atomic E-state index is -3.17. The van der Waals surface area contributed by atoms with E-state index >= 15 is 0 Å². The Hall–Kier alpha value is -1.02. The number of nitrogens with zero attached hydrogens (tertiary/aromatic N) is 1. The van der Waals surface area contributed by atoms with Crippen molar-refractivity contribution in [1.29, 1.82) is 0 Å². The van der Waals surface area contributed by atoms with Crippen LogP contribution in [0.15, 0.2) is 24.3 Å². The van der Waals surface area contributed by atoms with Crippen molar-refractivity contribution in [2.45, 2.75) is 26.4 Å². The van der Waals surface area contributed by atoms with E-state index in [2.05, 4.69) is 23.5 Å². The molecule has 0 saturated carbocycles. The van der Waals surface area contributed by atoms with E-state index in [-0.39, 0.29) is 5.82 Å². The molecule has 0 radical (unpaired) electrons. The Balaban J connectivity index is 2.54. The zero-order chi connectivity index (χ0) is 17.5. The SMILES string of the molecule is CC(C)CN(CCCNS(C)(=O)=O)CC(O)c1ccc(F)cc1. The van der Waals surface area contributed by atoms with Gasteiger partial charge in [0, 0.05) is 19.6 Å². The van der Waals surface area contributed by atoms with E-state index in [9.17, 15) is 17.9 Å². The fourth-order valence-corrected chi connectivity index (χ4v) is 2.88. The standard InChI is InChI=1S/C16H27FN2O3S/c1-13(2)11-19(10-4-9-18-23(3,21)22)12-16(20)14-5-7-15(17)8-6-14/h5-8,13,16,18,20H,4,9-12H2,1-3H3. The molecule has 1 unspecified atom stereocenters. The molecule has 1 aromatic carbocycles. The van der Waals surface area contributed by atoms with Crippen molar-refractivity contribution in [1.82, 2.24) is 9.62 Å². The zero-order valence-corrected chi connectivity index (χ0v) is 14.8. The highest BCUT2D eigenvalue weighted by Gasteiger charge is 2.15. The van der Waals surface area contributed by atoms with Gasteiger partial charge in [0.25, 0.3) is 0 Å². The molecule has 0 amide bonds. The van der Waals surface area contributed by atoms with E-state index in [1.54, 1.807) is 12.1 Å². The lowest BCUT2D eigenvalue weighted by Gasteiger charge is -2.27. The molecule has 1 rings (SSSR count). The minimum absolute atomic E-state index is 0.327. The van der Waals surface area contributed by atoms with E-state index in [0.29, 0.717) is 37.5 Å². The molecule has 1 aromatic rings. The van der Waals surface area contributed by atoms with E-state index in [0.717, 1.165) is 12.8 Å². The van der Waals surface area contributed by atoms with Crippen molar-refractivity contribution in [2.75, 3.05) is 32.4 Å². The van der Waals surface area contributed by atoms with Gasteiger partial charge in [0.1, 0.15) is 5.82 Å².